The summed E-state index contributed by atoms with van der Waals surface area (Å²) >= 11 is 0. The first-order chi connectivity index (χ1) is 14.4. The molecule has 31 heavy (non-hydrogen) atoms. The molecule has 0 aliphatic carbocycles. The minimum absolute atomic E-state index is 0.00785. The van der Waals surface area contributed by atoms with E-state index < -0.39 is 26.6 Å². The van der Waals surface area contributed by atoms with Gasteiger partial charge in [-0.15, -0.1) is 15.3 Å². The summed E-state index contributed by atoms with van der Waals surface area (Å²) in [5, 5.41) is 20.1. The summed E-state index contributed by atoms with van der Waals surface area (Å²) in [6.45, 7) is 3.36. The van der Waals surface area contributed by atoms with Crippen LogP contribution in [0.2, 0.25) is 0 Å². The van der Waals surface area contributed by atoms with Crippen LogP contribution in [-0.2, 0) is 20.8 Å². The van der Waals surface area contributed by atoms with E-state index in [1.165, 1.54) is 36.4 Å². The second-order valence-corrected chi connectivity index (χ2v) is 7.90. The lowest BCUT2D eigenvalue weighted by atomic mass is 10.2. The summed E-state index contributed by atoms with van der Waals surface area (Å²) in [6.07, 6.45) is 0. The molecule has 0 spiro atoms. The number of nitrogens with zero attached hydrogens (tertiary/aromatic N) is 4. The van der Waals surface area contributed by atoms with Crippen molar-refractivity contribution in [1.29, 1.82) is 5.26 Å². The topological polar surface area (TPSA) is 200 Å². The fourth-order valence-corrected chi connectivity index (χ4v) is 2.83. The first-order valence-corrected chi connectivity index (χ1v) is 10.8. The van der Waals surface area contributed by atoms with E-state index >= 15 is 0 Å². The predicted octanol–water partition coefficient (Wildman–Crippen LogP) is 2.70. The summed E-state index contributed by atoms with van der Waals surface area (Å²) in [5.41, 5.74) is 3.57. The number of anilines is 1. The van der Waals surface area contributed by atoms with Gasteiger partial charge in [-0.3, -0.25) is 14.5 Å². The molecule has 0 aromatic heterocycles. The maximum Gasteiger partial charge on any atom is 0.446 e. The Kier molecular flexibility index (Phi) is 7.25. The van der Waals surface area contributed by atoms with Crippen molar-refractivity contribution in [2.45, 2.75) is 13.8 Å². The Morgan fingerprint density at radius 2 is 1.52 bits per heavy atom. The van der Waals surface area contributed by atoms with Crippen molar-refractivity contribution in [3.8, 4) is 17.6 Å². The molecule has 0 fully saturated rings. The molecule has 0 heterocycles. The van der Waals surface area contributed by atoms with Crippen LogP contribution in [0, 0.1) is 25.2 Å². The normalized spacial score (nSPS) is 12.4. The Labute approximate surface area is 177 Å². The van der Waals surface area contributed by atoms with Gasteiger partial charge in [-0.05, 0) is 49.2 Å². The molecule has 2 aromatic carbocycles. The van der Waals surface area contributed by atoms with Gasteiger partial charge >= 0.3 is 20.8 Å². The van der Waals surface area contributed by atoms with Crippen molar-refractivity contribution < 1.29 is 34.3 Å². The van der Waals surface area contributed by atoms with Gasteiger partial charge in [-0.25, -0.2) is 0 Å². The summed E-state index contributed by atoms with van der Waals surface area (Å²) in [4.78, 5) is 0. The van der Waals surface area contributed by atoms with Gasteiger partial charge in [0.2, 0.25) is 0 Å². The molecule has 164 valence electrons. The second-order valence-electron chi connectivity index (χ2n) is 5.85. The first-order valence-electron chi connectivity index (χ1n) is 8.07. The molecule has 3 N–H and O–H groups in total. The number of hydrogen-bond donors (Lipinski definition) is 3. The summed E-state index contributed by atoms with van der Waals surface area (Å²) in [7, 11) is -9.63. The molecular weight excluding hydrogens is 454 g/mol. The highest BCUT2D eigenvalue weighted by Crippen LogP contribution is 2.30. The highest BCUT2D eigenvalue weighted by molar-refractivity contribution is 7.81. The fraction of sp³-hybridized carbons (Fsp3) is 0.125. The van der Waals surface area contributed by atoms with Gasteiger partial charge in [0.15, 0.2) is 11.5 Å². The smallest absolute Gasteiger partial charge is 0.360 e. The molecule has 2 aromatic rings. The average molecular weight is 469 g/mol. The largest absolute Gasteiger partial charge is 0.446 e. The number of rotatable bonds is 7. The molecule has 0 amide bonds. The zero-order valence-corrected chi connectivity index (χ0v) is 17.5. The van der Waals surface area contributed by atoms with Crippen molar-refractivity contribution in [1.82, 2.24) is 0 Å². The summed E-state index contributed by atoms with van der Waals surface area (Å²) < 4.78 is 70.3. The molecular formula is C16H15N5O8S2. The SMILES string of the molecule is Cc1ccc(OS(=O)(=O)O)c(N=NC(C#N)=NNc2cc(C)ccc2OS(=O)(=O)O)c1. The van der Waals surface area contributed by atoms with E-state index in [0.717, 1.165) is 0 Å². The predicted molar refractivity (Wildman–Crippen MR) is 108 cm³/mol. The van der Waals surface area contributed by atoms with E-state index in [1.807, 2.05) is 0 Å². The third kappa shape index (κ3) is 7.98. The van der Waals surface area contributed by atoms with Crippen molar-refractivity contribution >= 4 is 38.0 Å². The van der Waals surface area contributed by atoms with Crippen molar-refractivity contribution in [2.24, 2.45) is 15.3 Å². The molecule has 0 radical (unpaired) electrons. The number of benzene rings is 2. The molecule has 0 aliphatic heterocycles. The third-order valence-corrected chi connectivity index (χ3v) is 4.05. The molecule has 0 saturated heterocycles. The zero-order valence-electron chi connectivity index (χ0n) is 15.9. The number of nitrogens with one attached hydrogen (secondary N) is 1. The average Bonchev–Trinajstić information content (AvgIpc) is 2.63. The van der Waals surface area contributed by atoms with Gasteiger partial charge < -0.3 is 8.37 Å². The third-order valence-electron chi connectivity index (χ3n) is 3.27. The highest BCUT2D eigenvalue weighted by atomic mass is 32.3. The van der Waals surface area contributed by atoms with E-state index in [1.54, 1.807) is 19.9 Å². The van der Waals surface area contributed by atoms with Crippen LogP contribution in [0.5, 0.6) is 11.5 Å². The van der Waals surface area contributed by atoms with Gasteiger partial charge in [-0.2, -0.15) is 22.1 Å². The lowest BCUT2D eigenvalue weighted by molar-refractivity contribution is 0.385. The van der Waals surface area contributed by atoms with E-state index in [0.29, 0.717) is 11.1 Å². The number of hydrazone groups is 1. The standard InChI is InChI=1S/C16H15N5O8S2/c1-10-3-5-14(28-30(22,23)24)12(7-10)18-20-16(9-17)21-19-13-8-11(2)4-6-15(13)29-31(25,26)27/h3-8,18H,1-2H3,(H,22,23,24)(H,25,26,27). The van der Waals surface area contributed by atoms with Gasteiger partial charge in [-0.1, -0.05) is 12.1 Å². The number of amidine groups is 1. The van der Waals surface area contributed by atoms with Crippen molar-refractivity contribution in [2.75, 3.05) is 5.43 Å². The number of hydrogen-bond acceptors (Lipinski definition) is 10. The monoisotopic (exact) mass is 469 g/mol. The maximum absolute atomic E-state index is 11.0. The van der Waals surface area contributed by atoms with Crippen molar-refractivity contribution in [3.05, 3.63) is 47.5 Å². The molecule has 0 bridgehead atoms. The van der Waals surface area contributed by atoms with Gasteiger partial charge in [0.25, 0.3) is 5.84 Å². The van der Waals surface area contributed by atoms with Gasteiger partial charge in [0.05, 0.1) is 0 Å². The summed E-state index contributed by atoms with van der Waals surface area (Å²) in [5.74, 6) is -1.18. The molecule has 0 unspecified atom stereocenters. The van der Waals surface area contributed by atoms with Crippen molar-refractivity contribution in [3.63, 3.8) is 0 Å². The van der Waals surface area contributed by atoms with E-state index in [4.69, 9.17) is 9.11 Å². The van der Waals surface area contributed by atoms with Crippen LogP contribution in [-0.4, -0.2) is 31.8 Å². The van der Waals surface area contributed by atoms with Crippen LogP contribution in [0.1, 0.15) is 11.1 Å². The maximum atomic E-state index is 11.0. The molecule has 0 aliphatic rings. The van der Waals surface area contributed by atoms with E-state index in [-0.39, 0.29) is 22.9 Å². The Morgan fingerprint density at radius 1 is 0.968 bits per heavy atom. The second kappa shape index (κ2) is 9.49. The fourth-order valence-electron chi connectivity index (χ4n) is 2.09. The van der Waals surface area contributed by atoms with Gasteiger partial charge in [0, 0.05) is 0 Å². The number of aryl methyl sites for hydroxylation is 2. The van der Waals surface area contributed by atoms with E-state index in [9.17, 15) is 22.1 Å². The van der Waals surface area contributed by atoms with Crippen LogP contribution in [0.25, 0.3) is 0 Å². The van der Waals surface area contributed by atoms with Crippen LogP contribution in [0.3, 0.4) is 0 Å². The zero-order chi connectivity index (χ0) is 23.2. The van der Waals surface area contributed by atoms with Gasteiger partial charge in [0.1, 0.15) is 17.4 Å². The number of azo groups is 1. The molecule has 0 atom stereocenters. The van der Waals surface area contributed by atoms with Crippen LogP contribution < -0.4 is 13.8 Å². The van der Waals surface area contributed by atoms with Crippen LogP contribution in [0.15, 0.2) is 51.7 Å². The highest BCUT2D eigenvalue weighted by Gasteiger charge is 2.13. The molecule has 0 saturated carbocycles. The lowest BCUT2D eigenvalue weighted by Crippen LogP contribution is -2.08. The molecule has 2 rings (SSSR count). The Morgan fingerprint density at radius 3 is 2.10 bits per heavy atom. The Hall–Kier alpha value is -3.58. The van der Waals surface area contributed by atoms with Crippen LogP contribution >= 0.6 is 0 Å². The Bertz CT molecular complexity index is 1300. The first kappa shape index (κ1) is 23.7. The molecule has 13 nitrogen and oxygen atoms in total. The number of nitriles is 1. The van der Waals surface area contributed by atoms with E-state index in [2.05, 4.69) is 29.1 Å². The lowest BCUT2D eigenvalue weighted by Gasteiger charge is -2.08. The van der Waals surface area contributed by atoms with Crippen LogP contribution in [0.4, 0.5) is 11.4 Å². The minimum atomic E-state index is -4.82. The quantitative estimate of drug-likeness (QED) is 0.178. The summed E-state index contributed by atoms with van der Waals surface area (Å²) in [6, 6.07) is 9.90. The molecule has 15 heteroatoms. The Balaban J connectivity index is 2.33. The minimum Gasteiger partial charge on any atom is -0.360 e.